The maximum Gasteiger partial charge on any atom is 0.254 e. The number of anilines is 4. The average Bonchev–Trinajstić information content (AvgIpc) is 4.05. The molecule has 22 heteroatoms. The van der Waals surface area contributed by atoms with Gasteiger partial charge in [-0.15, -0.1) is 0 Å². The Morgan fingerprint density at radius 1 is 0.662 bits per heavy atom. The number of likely N-dealkylation sites (tertiary alicyclic amines) is 2. The number of carbonyl (C=O) groups is 2. The average molecular weight is 969 g/mol. The van der Waals surface area contributed by atoms with Crippen LogP contribution in [0.4, 0.5) is 49.6 Å². The third kappa shape index (κ3) is 12.0. The fourth-order valence-corrected chi connectivity index (χ4v) is 11.2. The van der Waals surface area contributed by atoms with Crippen LogP contribution in [0, 0.1) is 46.1 Å². The fourth-order valence-electron chi connectivity index (χ4n) is 11.2. The molecule has 4 heterocycles. The summed E-state index contributed by atoms with van der Waals surface area (Å²) in [5, 5.41) is 26.9. The first-order valence-electron chi connectivity index (χ1n) is 24.4. The molecule has 16 nitrogen and oxygen atoms in total. The lowest BCUT2D eigenvalue weighted by Gasteiger charge is -2.35. The molecule has 4 saturated carbocycles. The van der Waals surface area contributed by atoms with Crippen molar-refractivity contribution in [2.45, 2.75) is 115 Å². The van der Waals surface area contributed by atoms with E-state index in [2.05, 4.69) is 30.6 Å². The van der Waals surface area contributed by atoms with Crippen molar-refractivity contribution in [3.05, 3.63) is 24.3 Å². The highest BCUT2D eigenvalue weighted by Crippen LogP contribution is 2.69. The summed E-state index contributed by atoms with van der Waals surface area (Å²) in [6, 6.07) is 0. The Kier molecular flexibility index (Phi) is 16.2. The first-order chi connectivity index (χ1) is 32.3. The zero-order valence-corrected chi connectivity index (χ0v) is 39.3. The number of aliphatic hydroxyl groups is 2. The van der Waals surface area contributed by atoms with Crippen LogP contribution in [0.1, 0.15) is 90.9 Å². The Hall–Kier alpha value is -4.28. The van der Waals surface area contributed by atoms with Gasteiger partial charge >= 0.3 is 0 Å². The minimum Gasteiger partial charge on any atom is -0.391 e. The molecule has 380 valence electrons. The number of hydrogen-bond donors (Lipinski definition) is 6. The Morgan fingerprint density at radius 3 is 1.31 bits per heavy atom. The number of halogens is 6. The van der Waals surface area contributed by atoms with Crippen LogP contribution in [0.5, 0.6) is 0 Å². The number of primary amides is 2. The van der Waals surface area contributed by atoms with Gasteiger partial charge in [-0.05, 0) is 103 Å². The number of piperidine rings is 2. The Labute approximate surface area is 394 Å². The van der Waals surface area contributed by atoms with Gasteiger partial charge in [0.25, 0.3) is 11.8 Å². The van der Waals surface area contributed by atoms with E-state index in [4.69, 9.17) is 11.5 Å². The van der Waals surface area contributed by atoms with Crippen molar-refractivity contribution in [2.75, 3.05) is 99.0 Å². The summed E-state index contributed by atoms with van der Waals surface area (Å²) in [5.74, 6) is -6.18. The zero-order chi connectivity index (χ0) is 49.0. The monoisotopic (exact) mass is 969 g/mol. The molecule has 0 unspecified atom stereocenters. The number of nitrogens with zero attached hydrogens (tertiary/aromatic N) is 8. The summed E-state index contributed by atoms with van der Waals surface area (Å²) < 4.78 is 85.3. The third-order valence-corrected chi connectivity index (χ3v) is 15.8. The molecule has 2 aliphatic heterocycles. The van der Waals surface area contributed by atoms with Gasteiger partial charge in [0, 0.05) is 87.9 Å². The predicted molar refractivity (Wildman–Crippen MR) is 244 cm³/mol. The van der Waals surface area contributed by atoms with Gasteiger partial charge in [-0.3, -0.25) is 19.4 Å². The number of alkyl halides is 4. The van der Waals surface area contributed by atoms with Crippen LogP contribution < -0.4 is 31.9 Å². The largest absolute Gasteiger partial charge is 0.391 e. The minimum absolute atomic E-state index is 0.0125. The maximum absolute atomic E-state index is 15.3. The number of rotatable bonds is 18. The van der Waals surface area contributed by atoms with Gasteiger partial charge in [-0.2, -0.15) is 8.78 Å². The summed E-state index contributed by atoms with van der Waals surface area (Å²) >= 11 is 0. The Balaban J connectivity index is 0.000000201. The smallest absolute Gasteiger partial charge is 0.254 e. The van der Waals surface area contributed by atoms with E-state index in [1.54, 1.807) is 0 Å². The number of nitrogens with two attached hydrogens (primary N) is 2. The second-order valence-electron chi connectivity index (χ2n) is 20.4. The molecule has 0 aromatic carbocycles. The highest BCUT2D eigenvalue weighted by Gasteiger charge is 2.71. The maximum atomic E-state index is 15.3. The molecular weight excluding hydrogens is 899 g/mol. The molecule has 2 saturated heterocycles. The highest BCUT2D eigenvalue weighted by molar-refractivity contribution is 5.76. The lowest BCUT2D eigenvalue weighted by Crippen LogP contribution is -2.48. The summed E-state index contributed by atoms with van der Waals surface area (Å²) in [6.07, 6.45) is 7.61. The molecule has 2 aromatic heterocycles. The van der Waals surface area contributed by atoms with Crippen molar-refractivity contribution in [1.29, 1.82) is 0 Å². The molecule has 2 spiro atoms. The van der Waals surface area contributed by atoms with Gasteiger partial charge in [0.1, 0.15) is 12.7 Å². The summed E-state index contributed by atoms with van der Waals surface area (Å²) in [4.78, 5) is 45.9. The summed E-state index contributed by atoms with van der Waals surface area (Å²) in [5.41, 5.74) is 8.89. The summed E-state index contributed by atoms with van der Waals surface area (Å²) in [6.45, 7) is 8.90. The molecule has 4 atom stereocenters. The first-order valence-corrected chi connectivity index (χ1v) is 24.4. The van der Waals surface area contributed by atoms with Crippen molar-refractivity contribution in [3.8, 4) is 0 Å². The van der Waals surface area contributed by atoms with Crippen molar-refractivity contribution in [3.63, 3.8) is 0 Å². The highest BCUT2D eigenvalue weighted by atomic mass is 19.3. The van der Waals surface area contributed by atoms with Gasteiger partial charge in [0.2, 0.25) is 23.4 Å². The molecule has 2 aromatic rings. The number of nitrogens with one attached hydrogen (secondary N) is 2. The second kappa shape index (κ2) is 21.4. The van der Waals surface area contributed by atoms with Crippen LogP contribution in [-0.2, 0) is 9.59 Å². The van der Waals surface area contributed by atoms with E-state index in [-0.39, 0.29) is 72.9 Å². The number of aliphatic hydroxyl groups excluding tert-OH is 2. The van der Waals surface area contributed by atoms with E-state index in [9.17, 15) is 37.4 Å². The molecule has 6 fully saturated rings. The van der Waals surface area contributed by atoms with Crippen molar-refractivity contribution in [1.82, 2.24) is 29.7 Å². The quantitative estimate of drug-likeness (QED) is 0.114. The molecule has 8 rings (SSSR count). The fraction of sp³-hybridized carbons (Fsp3) is 0.783. The lowest BCUT2D eigenvalue weighted by molar-refractivity contribution is -0.121. The molecule has 2 amide bonds. The van der Waals surface area contributed by atoms with Crippen LogP contribution >= 0.6 is 0 Å². The topological polar surface area (TPSA) is 215 Å². The number of amides is 2. The number of carbonyl (C=O) groups excluding carboxylic acids is 2. The van der Waals surface area contributed by atoms with Crippen molar-refractivity contribution in [2.24, 2.45) is 46.0 Å². The van der Waals surface area contributed by atoms with E-state index in [1.165, 1.54) is 12.7 Å². The molecular formula is C46H70F6N12O4. The zero-order valence-electron chi connectivity index (χ0n) is 39.3. The van der Waals surface area contributed by atoms with E-state index in [1.807, 2.05) is 33.4 Å². The third-order valence-electron chi connectivity index (χ3n) is 15.8. The predicted octanol–water partition coefficient (Wildman–Crippen LogP) is 4.48. The van der Waals surface area contributed by atoms with Gasteiger partial charge in [-0.1, -0.05) is 0 Å². The lowest BCUT2D eigenvalue weighted by atomic mass is 9.79. The molecule has 8 N–H and O–H groups in total. The van der Waals surface area contributed by atoms with Gasteiger partial charge in [0.05, 0.1) is 25.3 Å². The van der Waals surface area contributed by atoms with E-state index in [0.29, 0.717) is 104 Å². The van der Waals surface area contributed by atoms with Crippen LogP contribution in [0.25, 0.3) is 0 Å². The van der Waals surface area contributed by atoms with E-state index in [0.717, 1.165) is 25.7 Å². The Morgan fingerprint density at radius 2 is 1.01 bits per heavy atom. The number of aromatic nitrogens is 4. The van der Waals surface area contributed by atoms with E-state index < -0.39 is 58.3 Å². The van der Waals surface area contributed by atoms with Crippen LogP contribution in [0.15, 0.2) is 12.7 Å². The van der Waals surface area contributed by atoms with Crippen LogP contribution in [0.3, 0.4) is 0 Å². The standard InChI is InChI=1S/2C23H35F3N6O2/c2*1-2-32(10-15-3-6-22(7-4-15)13-23(22,25)26)21-19(24)20(29-14-30-21)28-9-16-5-8-31(11-17(16)33)12-18(27)34/h2*14-17,33H,2-13H2,1H3,(H2,27,34)(H,28,29,30)/t2*15?,16-,17+,22?/m00/s1. The van der Waals surface area contributed by atoms with Gasteiger partial charge in [-0.25, -0.2) is 37.5 Å². The number of β-amino-alcohol motifs (C(OH)–C–C–N with tert-alkyl or cyclic N) is 2. The SMILES string of the molecule is CCN(CC1CCC2(CC1)CC2(F)F)c1ncnc(NC[C@@H]2CCN(CC(N)=O)C[C@H]2O)c1F.CCN(CC1CCC2(CC1)CC2(F)F)c1ncnc(NC[C@@H]2CCN(CC(N)=O)C[C@H]2O)c1F. The minimum atomic E-state index is -2.51. The Bertz CT molecular complexity index is 1900. The van der Waals surface area contributed by atoms with Crippen molar-refractivity contribution < 1.29 is 46.1 Å². The van der Waals surface area contributed by atoms with E-state index >= 15 is 8.78 Å². The van der Waals surface area contributed by atoms with Crippen LogP contribution in [0.2, 0.25) is 0 Å². The molecule has 0 radical (unpaired) electrons. The molecule has 4 aliphatic carbocycles. The molecule has 6 aliphatic rings. The summed E-state index contributed by atoms with van der Waals surface area (Å²) in [7, 11) is 0. The molecule has 0 bridgehead atoms. The van der Waals surface area contributed by atoms with Gasteiger partial charge < -0.3 is 42.1 Å². The van der Waals surface area contributed by atoms with Crippen molar-refractivity contribution >= 4 is 35.1 Å². The molecule has 68 heavy (non-hydrogen) atoms. The second-order valence-corrected chi connectivity index (χ2v) is 20.4. The van der Waals surface area contributed by atoms with Gasteiger partial charge in [0.15, 0.2) is 23.3 Å². The number of hydrogen-bond acceptors (Lipinski definition) is 14. The first kappa shape index (κ1) is 51.6. The van der Waals surface area contributed by atoms with Crippen LogP contribution in [-0.4, -0.2) is 154 Å². The normalized spacial score (nSPS) is 30.8.